The van der Waals surface area contributed by atoms with Crippen LogP contribution in [0.25, 0.3) is 4.85 Å². The smallest absolute Gasteiger partial charge is 0.227 e. The molecule has 0 unspecified atom stereocenters. The van der Waals surface area contributed by atoms with Gasteiger partial charge in [0.1, 0.15) is 17.7 Å². The molecule has 0 spiro atoms. The number of nitrogens with zero attached hydrogens (tertiary/aromatic N) is 2. The standard InChI is InChI=1S/C9H11F3S.C9H11NS.C8H11ClS.C8H9NS.3C8H12S.C7H9ClS.3C7H9FS/c1-5(2)8-7(9(10,11)12)4-6(3)13-8;1-6(2)9-8(5-10)4-7(3)11-9;1-5(2)8-7(9)4-6(3)10-8;1-6(2)7-4-5-8(9-3)10-7;1-6(2)8-7(3)4-5-9-8;2*1-6(2)8-5-4-7(3)9-8;1-5(2)6-3-4-7(8)9-6;1-5(2)7-3-6(8)4-9-7;1-5(2)7-6(8)3-4-9-7;1-5(2)6-3-4-7(8)9-6/h4-5H,1-3H3;4,6H,1-3H3;4-5H,1-3H3;4-6H,1-2H3;3*4-6H,1-3H3;4*3-5H,1-2H3. The van der Waals surface area contributed by atoms with Crippen LogP contribution in [0.4, 0.5) is 31.3 Å². The molecular weight excluding hydrogens is 1600 g/mol. The molecule has 0 atom stereocenters. The van der Waals surface area contributed by atoms with Gasteiger partial charge in [0.15, 0.2) is 5.13 Å². The first-order valence-corrected chi connectivity index (χ1v) is 45.7. The fourth-order valence-electron chi connectivity index (χ4n) is 8.97. The number of hydrogen-bond donors (Lipinski definition) is 0. The molecule has 11 aromatic heterocycles. The Morgan fingerprint density at radius 1 is 0.383 bits per heavy atom. The molecule has 0 fully saturated rings. The fourth-order valence-corrected chi connectivity index (χ4v) is 19.3. The van der Waals surface area contributed by atoms with Crippen LogP contribution in [0.3, 0.4) is 0 Å². The second-order valence-electron chi connectivity index (χ2n) is 28.4. The molecule has 11 rings (SSSR count). The second-order valence-corrected chi connectivity index (χ2v) is 42.0. The number of rotatable bonds is 11. The van der Waals surface area contributed by atoms with E-state index in [1.807, 2.05) is 91.2 Å². The van der Waals surface area contributed by atoms with E-state index >= 15 is 0 Å². The molecule has 0 aromatic carbocycles. The highest BCUT2D eigenvalue weighted by Gasteiger charge is 2.35. The molecule has 2 nitrogen and oxygen atoms in total. The quantitative estimate of drug-likeness (QED) is 0.0937. The van der Waals surface area contributed by atoms with E-state index in [-0.39, 0.29) is 22.7 Å². The van der Waals surface area contributed by atoms with Gasteiger partial charge in [-0.2, -0.15) is 34.2 Å². The maximum atomic E-state index is 12.6. The molecule has 21 heteroatoms. The Bertz CT molecular complexity index is 3970. The molecule has 590 valence electrons. The van der Waals surface area contributed by atoms with Gasteiger partial charge in [0.2, 0.25) is 5.00 Å². The molecule has 11 heterocycles. The average molecular weight is 1710 g/mol. The number of halogens is 8. The van der Waals surface area contributed by atoms with Gasteiger partial charge in [0.25, 0.3) is 0 Å². The van der Waals surface area contributed by atoms with Crippen LogP contribution in [0.1, 0.15) is 312 Å². The topological polar surface area (TPSA) is 28.1 Å². The Morgan fingerprint density at radius 3 is 1.02 bits per heavy atom. The molecule has 0 amide bonds. The summed E-state index contributed by atoms with van der Waals surface area (Å²) < 4.78 is 75.4. The maximum absolute atomic E-state index is 12.6. The van der Waals surface area contributed by atoms with Crippen molar-refractivity contribution in [3.8, 4) is 6.07 Å². The molecule has 107 heavy (non-hydrogen) atoms. The molecule has 0 N–H and O–H groups in total. The molecule has 0 saturated heterocycles. The summed E-state index contributed by atoms with van der Waals surface area (Å²) in [6.07, 6.45) is -4.20. The van der Waals surface area contributed by atoms with Gasteiger partial charge in [0.05, 0.1) is 27.1 Å². The number of thiophene rings is 11. The van der Waals surface area contributed by atoms with Gasteiger partial charge in [-0.1, -0.05) is 182 Å². The van der Waals surface area contributed by atoms with Crippen molar-refractivity contribution in [3.05, 3.63) is 245 Å². The normalized spacial score (nSPS) is 10.8. The van der Waals surface area contributed by atoms with Gasteiger partial charge in [-0.3, -0.25) is 0 Å². The summed E-state index contributed by atoms with van der Waals surface area (Å²) in [7, 11) is 0. The maximum Gasteiger partial charge on any atom is 0.417 e. The van der Waals surface area contributed by atoms with E-state index in [4.69, 9.17) is 35.0 Å². The number of alkyl halides is 3. The Morgan fingerprint density at radius 2 is 0.785 bits per heavy atom. The minimum atomic E-state index is -4.20. The molecule has 11 aromatic rings. The van der Waals surface area contributed by atoms with Gasteiger partial charge in [0, 0.05) is 78.5 Å². The summed E-state index contributed by atoms with van der Waals surface area (Å²) in [4.78, 5) is 22.6. The number of hydrogen-bond acceptors (Lipinski definition) is 12. The highest BCUT2D eigenvalue weighted by atomic mass is 35.5. The molecular formula is C86H114Cl2F6N2S11. The third-order valence-electron chi connectivity index (χ3n) is 14.6. The summed E-state index contributed by atoms with van der Waals surface area (Å²) in [6, 6.07) is 32.8. The predicted octanol–water partition coefficient (Wildman–Crippen LogP) is 36.6. The van der Waals surface area contributed by atoms with E-state index in [0.29, 0.717) is 64.1 Å². The lowest BCUT2D eigenvalue weighted by atomic mass is 10.1. The van der Waals surface area contributed by atoms with Crippen molar-refractivity contribution in [1.29, 1.82) is 5.26 Å². The van der Waals surface area contributed by atoms with Crippen LogP contribution in [0, 0.1) is 76.2 Å². The summed E-state index contributed by atoms with van der Waals surface area (Å²) in [5.41, 5.74) is 1.82. The van der Waals surface area contributed by atoms with Crippen molar-refractivity contribution in [2.24, 2.45) is 0 Å². The predicted molar refractivity (Wildman–Crippen MR) is 477 cm³/mol. The number of aryl methyl sites for hydroxylation is 6. The molecule has 0 aliphatic carbocycles. The lowest BCUT2D eigenvalue weighted by molar-refractivity contribution is -0.138. The van der Waals surface area contributed by atoms with Crippen LogP contribution in [0.2, 0.25) is 9.36 Å². The van der Waals surface area contributed by atoms with E-state index < -0.39 is 11.7 Å². The van der Waals surface area contributed by atoms with Gasteiger partial charge in [-0.15, -0.1) is 113 Å². The van der Waals surface area contributed by atoms with Gasteiger partial charge < -0.3 is 0 Å². The highest BCUT2D eigenvalue weighted by molar-refractivity contribution is 7.17. The van der Waals surface area contributed by atoms with Crippen LogP contribution in [-0.2, 0) is 6.18 Å². The van der Waals surface area contributed by atoms with Gasteiger partial charge >= 0.3 is 6.18 Å². The van der Waals surface area contributed by atoms with Crippen molar-refractivity contribution in [3.63, 3.8) is 0 Å². The molecule has 0 aliphatic rings. The monoisotopic (exact) mass is 1710 g/mol. The van der Waals surface area contributed by atoms with Crippen molar-refractivity contribution >= 4 is 153 Å². The first-order chi connectivity index (χ1) is 49.7. The summed E-state index contributed by atoms with van der Waals surface area (Å²) in [5.74, 6) is 5.31. The van der Waals surface area contributed by atoms with Crippen LogP contribution in [0.5, 0.6) is 0 Å². The molecule has 0 radical (unpaired) electrons. The van der Waals surface area contributed by atoms with Gasteiger partial charge in [-0.25, -0.2) is 13.6 Å². The van der Waals surface area contributed by atoms with Crippen molar-refractivity contribution in [2.75, 3.05) is 0 Å². The highest BCUT2D eigenvalue weighted by Crippen LogP contribution is 2.41. The van der Waals surface area contributed by atoms with Crippen molar-refractivity contribution in [2.45, 2.75) is 265 Å². The van der Waals surface area contributed by atoms with Gasteiger partial charge in [-0.05, 0) is 219 Å². The van der Waals surface area contributed by atoms with Crippen molar-refractivity contribution in [1.82, 2.24) is 0 Å². The van der Waals surface area contributed by atoms with Crippen LogP contribution in [-0.4, -0.2) is 0 Å². The van der Waals surface area contributed by atoms with E-state index in [1.54, 1.807) is 77.6 Å². The minimum Gasteiger partial charge on any atom is -0.227 e. The minimum absolute atomic E-state index is 0.0599. The molecule has 0 aliphatic heterocycles. The Kier molecular flexibility index (Phi) is 48.5. The number of nitriles is 1. The largest absolute Gasteiger partial charge is 0.417 e. The average Bonchev–Trinajstić information content (AvgIpc) is 1.68. The van der Waals surface area contributed by atoms with E-state index in [1.165, 1.54) is 128 Å². The lowest BCUT2D eigenvalue weighted by Gasteiger charge is -2.09. The Balaban J connectivity index is 0.000000590. The second kappa shape index (κ2) is 51.5. The third kappa shape index (κ3) is 39.7. The van der Waals surface area contributed by atoms with Crippen LogP contribution >= 0.6 is 148 Å². The van der Waals surface area contributed by atoms with E-state index in [9.17, 15) is 26.3 Å². The summed E-state index contributed by atoms with van der Waals surface area (Å²) in [5, 5.41) is 15.9. The summed E-state index contributed by atoms with van der Waals surface area (Å²) >= 11 is 29.5. The van der Waals surface area contributed by atoms with E-state index in [2.05, 4.69) is 205 Å². The molecule has 0 saturated carbocycles. The van der Waals surface area contributed by atoms with Crippen LogP contribution in [0.15, 0.2) is 113 Å². The Hall–Kier alpha value is -4.16. The fraction of sp³-hybridized carbons (Fsp3) is 0.465. The third-order valence-corrected chi connectivity index (χ3v) is 29.4. The zero-order valence-electron chi connectivity index (χ0n) is 67.7. The summed E-state index contributed by atoms with van der Waals surface area (Å²) in [6.45, 7) is 65.4. The van der Waals surface area contributed by atoms with Crippen molar-refractivity contribution < 1.29 is 26.3 Å². The van der Waals surface area contributed by atoms with E-state index in [0.717, 1.165) is 39.4 Å². The first kappa shape index (κ1) is 101. The SMILES string of the molecule is CC(C)c1cc(F)cs1.CC(C)c1ccc(Cl)s1.CC(C)c1ccc(F)s1.CC(C)c1sccc1F.Cc1cc(C#N)c(C(C)C)s1.Cc1cc(C(F)(F)F)c(C(C)C)s1.Cc1cc(Cl)c(C(C)C)s1.Cc1ccc(C(C)C)s1.Cc1ccc(C(C)C)s1.Cc1ccsc1C(C)C.[C-]#[N+]c1ccc(C(C)C)s1. The first-order valence-electron chi connectivity index (χ1n) is 35.8. The zero-order valence-corrected chi connectivity index (χ0v) is 78.2. The molecule has 0 bridgehead atoms. The zero-order chi connectivity index (χ0) is 81.9. The lowest BCUT2D eigenvalue weighted by Crippen LogP contribution is -2.06. The Labute approximate surface area is 694 Å². The van der Waals surface area contributed by atoms with Crippen LogP contribution < -0.4 is 0 Å².